The Balaban J connectivity index is 1.61. The van der Waals surface area contributed by atoms with Gasteiger partial charge in [-0.1, -0.05) is 78.6 Å². The highest BCUT2D eigenvalue weighted by Gasteiger charge is 2.25. The Bertz CT molecular complexity index is 2260. The smallest absolute Gasteiger partial charge is 0.221 e. The molecule has 0 saturated carbocycles. The molecule has 3 aromatic heterocycles. The van der Waals surface area contributed by atoms with Crippen LogP contribution in [0.2, 0.25) is 0 Å². The minimum Gasteiger partial charge on any atom is -0.278 e. The molecule has 0 saturated heterocycles. The van der Waals surface area contributed by atoms with Crippen LogP contribution in [0.4, 0.5) is 0 Å². The molecule has 40 heavy (non-hydrogen) atoms. The third-order valence-electron chi connectivity index (χ3n) is 7.52. The Labute approximate surface area is 236 Å². The van der Waals surface area contributed by atoms with E-state index >= 15 is 0 Å². The molecule has 0 N–H and O–H groups in total. The van der Waals surface area contributed by atoms with Crippen molar-refractivity contribution in [2.75, 3.05) is 0 Å². The van der Waals surface area contributed by atoms with Crippen LogP contribution in [0, 0.1) is 11.8 Å². The SMILES string of the molecule is Sc1c(C2=CC=CCC#C2)c2ccccc2c2c3cccnc3n(-c3nc4ccccc4n3-c3ccccc3)c12. The summed E-state index contributed by atoms with van der Waals surface area (Å²) in [6.07, 6.45) is 8.83. The zero-order valence-electron chi connectivity index (χ0n) is 21.4. The van der Waals surface area contributed by atoms with Gasteiger partial charge >= 0.3 is 0 Å². The molecular weight excluding hydrogens is 508 g/mol. The quantitative estimate of drug-likeness (QED) is 0.184. The van der Waals surface area contributed by atoms with Crippen molar-refractivity contribution >= 4 is 61.9 Å². The molecule has 0 atom stereocenters. The van der Waals surface area contributed by atoms with Crippen molar-refractivity contribution in [2.45, 2.75) is 11.3 Å². The van der Waals surface area contributed by atoms with Crippen LogP contribution in [-0.4, -0.2) is 19.1 Å². The molecule has 0 bridgehead atoms. The van der Waals surface area contributed by atoms with Crippen LogP contribution in [0.1, 0.15) is 12.0 Å². The molecule has 3 heterocycles. The summed E-state index contributed by atoms with van der Waals surface area (Å²) < 4.78 is 4.38. The number of fused-ring (bicyclic) bond motifs is 6. The molecule has 8 rings (SSSR count). The van der Waals surface area contributed by atoms with Crippen LogP contribution in [0.15, 0.2) is 120 Å². The lowest BCUT2D eigenvalue weighted by Gasteiger charge is -2.16. The number of thiol groups is 1. The van der Waals surface area contributed by atoms with Gasteiger partial charge in [-0.15, -0.1) is 12.6 Å². The average molecular weight is 531 g/mol. The van der Waals surface area contributed by atoms with Gasteiger partial charge in [0.15, 0.2) is 0 Å². The molecule has 1 aliphatic carbocycles. The fourth-order valence-corrected chi connectivity index (χ4v) is 6.32. The monoisotopic (exact) mass is 530 g/mol. The highest BCUT2D eigenvalue weighted by molar-refractivity contribution is 7.80. The van der Waals surface area contributed by atoms with Gasteiger partial charge in [0.2, 0.25) is 5.95 Å². The topological polar surface area (TPSA) is 35.6 Å². The maximum absolute atomic E-state index is 5.28. The van der Waals surface area contributed by atoms with E-state index in [2.05, 4.69) is 112 Å². The van der Waals surface area contributed by atoms with Crippen LogP contribution in [0.25, 0.3) is 61.0 Å². The number of hydrogen-bond donors (Lipinski definition) is 1. The van der Waals surface area contributed by atoms with Crippen LogP contribution in [0.5, 0.6) is 0 Å². The summed E-state index contributed by atoms with van der Waals surface area (Å²) in [6.45, 7) is 0. The zero-order chi connectivity index (χ0) is 26.6. The second kappa shape index (κ2) is 9.01. The molecule has 0 unspecified atom stereocenters. The van der Waals surface area contributed by atoms with Gasteiger partial charge in [-0.3, -0.25) is 9.13 Å². The molecule has 5 heteroatoms. The van der Waals surface area contributed by atoms with E-state index in [0.29, 0.717) is 0 Å². The Hall–Kier alpha value is -5.05. The number of imidazole rings is 1. The summed E-state index contributed by atoms with van der Waals surface area (Å²) in [6, 6.07) is 31.3. The van der Waals surface area contributed by atoms with Crippen molar-refractivity contribution in [2.24, 2.45) is 0 Å². The maximum Gasteiger partial charge on any atom is 0.221 e. The van der Waals surface area contributed by atoms with E-state index in [1.807, 2.05) is 24.4 Å². The Kier molecular flexibility index (Phi) is 5.16. The number of rotatable bonds is 3. The number of nitrogens with zero attached hydrogens (tertiary/aromatic N) is 4. The van der Waals surface area contributed by atoms with Crippen molar-refractivity contribution in [3.8, 4) is 23.5 Å². The van der Waals surface area contributed by atoms with Crippen molar-refractivity contribution in [3.63, 3.8) is 0 Å². The van der Waals surface area contributed by atoms with E-state index in [1.54, 1.807) is 0 Å². The second-order valence-electron chi connectivity index (χ2n) is 9.79. The standard InChI is InChI=1S/C35H22N4S/c40-33-30(23-13-4-1-2-5-14-23)25-17-8-9-18-26(25)31-27-19-12-22-36-34(27)39(32(31)33)35-37-28-20-10-11-21-29(28)38(35)24-15-6-3-7-16-24/h1,3-4,6-13,15-22,40H,2H2. The molecule has 188 valence electrons. The van der Waals surface area contributed by atoms with Gasteiger partial charge in [-0.25, -0.2) is 9.97 Å². The molecule has 0 fully saturated rings. The van der Waals surface area contributed by atoms with Crippen LogP contribution in [0.3, 0.4) is 0 Å². The minimum absolute atomic E-state index is 0.730. The summed E-state index contributed by atoms with van der Waals surface area (Å²) in [5, 5.41) is 4.43. The van der Waals surface area contributed by atoms with E-state index in [4.69, 9.17) is 22.6 Å². The molecule has 0 aliphatic heterocycles. The highest BCUT2D eigenvalue weighted by atomic mass is 32.1. The fraction of sp³-hybridized carbons (Fsp3) is 0.0286. The largest absolute Gasteiger partial charge is 0.278 e. The number of aromatic nitrogens is 4. The Morgan fingerprint density at radius 1 is 0.775 bits per heavy atom. The summed E-state index contributed by atoms with van der Waals surface area (Å²) in [7, 11) is 0. The van der Waals surface area contributed by atoms with Crippen molar-refractivity contribution in [1.29, 1.82) is 0 Å². The lowest BCUT2D eigenvalue weighted by atomic mass is 9.94. The van der Waals surface area contributed by atoms with Crippen molar-refractivity contribution < 1.29 is 0 Å². The molecule has 4 aromatic carbocycles. The average Bonchev–Trinajstić information content (AvgIpc) is 3.42. The van der Waals surface area contributed by atoms with Crippen LogP contribution < -0.4 is 0 Å². The van der Waals surface area contributed by atoms with Gasteiger partial charge in [-0.2, -0.15) is 0 Å². The molecule has 1 aliphatic rings. The van der Waals surface area contributed by atoms with E-state index in [1.165, 1.54) is 0 Å². The summed E-state index contributed by atoms with van der Waals surface area (Å²) in [5.74, 6) is 7.45. The lowest BCUT2D eigenvalue weighted by molar-refractivity contribution is 0.940. The minimum atomic E-state index is 0.730. The first kappa shape index (κ1) is 22.9. The number of allylic oxidation sites excluding steroid dienone is 4. The third kappa shape index (κ3) is 3.30. The predicted octanol–water partition coefficient (Wildman–Crippen LogP) is 8.31. The van der Waals surface area contributed by atoms with Gasteiger partial charge in [-0.05, 0) is 53.2 Å². The van der Waals surface area contributed by atoms with Gasteiger partial charge in [0.1, 0.15) is 5.65 Å². The number of benzene rings is 4. The molecule has 0 spiro atoms. The van der Waals surface area contributed by atoms with Crippen molar-refractivity contribution in [3.05, 3.63) is 121 Å². The highest BCUT2D eigenvalue weighted by Crippen LogP contribution is 2.44. The summed E-state index contributed by atoms with van der Waals surface area (Å²) in [5.41, 5.74) is 6.75. The predicted molar refractivity (Wildman–Crippen MR) is 167 cm³/mol. The molecule has 0 radical (unpaired) electrons. The van der Waals surface area contributed by atoms with Crippen LogP contribution in [-0.2, 0) is 0 Å². The van der Waals surface area contributed by atoms with Gasteiger partial charge < -0.3 is 0 Å². The van der Waals surface area contributed by atoms with Gasteiger partial charge in [0.25, 0.3) is 0 Å². The van der Waals surface area contributed by atoms with Gasteiger partial charge in [0, 0.05) is 45.1 Å². The van der Waals surface area contributed by atoms with E-state index in [9.17, 15) is 0 Å². The first-order valence-corrected chi connectivity index (χ1v) is 13.7. The number of pyridine rings is 1. The van der Waals surface area contributed by atoms with Crippen molar-refractivity contribution in [1.82, 2.24) is 19.1 Å². The molecule has 4 nitrogen and oxygen atoms in total. The Morgan fingerprint density at radius 2 is 1.55 bits per heavy atom. The lowest BCUT2D eigenvalue weighted by Crippen LogP contribution is -2.07. The zero-order valence-corrected chi connectivity index (χ0v) is 22.3. The number of hydrogen-bond acceptors (Lipinski definition) is 3. The van der Waals surface area contributed by atoms with Crippen LogP contribution >= 0.6 is 12.6 Å². The van der Waals surface area contributed by atoms with E-state index < -0.39 is 0 Å². The third-order valence-corrected chi connectivity index (χ3v) is 7.96. The molecule has 7 aromatic rings. The maximum atomic E-state index is 5.28. The second-order valence-corrected chi connectivity index (χ2v) is 10.2. The Morgan fingerprint density at radius 3 is 2.45 bits per heavy atom. The molecule has 0 amide bonds. The fourth-order valence-electron chi connectivity index (χ4n) is 5.86. The summed E-state index contributed by atoms with van der Waals surface area (Å²) >= 11 is 5.28. The molecular formula is C35H22N4S. The van der Waals surface area contributed by atoms with Gasteiger partial charge in [0.05, 0.1) is 16.6 Å². The van der Waals surface area contributed by atoms with E-state index in [-0.39, 0.29) is 0 Å². The first-order valence-electron chi connectivity index (χ1n) is 13.2. The number of para-hydroxylation sites is 3. The normalized spacial score (nSPS) is 13.1. The van der Waals surface area contributed by atoms with E-state index in [0.717, 1.165) is 77.8 Å². The first-order chi connectivity index (χ1) is 19.8. The summed E-state index contributed by atoms with van der Waals surface area (Å²) in [4.78, 5) is 11.0.